The largest absolute Gasteiger partial charge is 0.481 e. The van der Waals surface area contributed by atoms with Crippen LogP contribution >= 0.6 is 0 Å². The molecule has 2 heterocycles. The SMILES string of the molecule is CC(NC(=O)C(O)C(C)C)C(=O)N1CCCC(C(=O)NCc2ccc3ccc(C=CC(C)(C)C(=O)O)cc3n2)N1. The zero-order valence-corrected chi connectivity index (χ0v) is 23.6. The number of nitrogens with one attached hydrogen (secondary N) is 3. The van der Waals surface area contributed by atoms with Crippen LogP contribution in [0.2, 0.25) is 0 Å². The van der Waals surface area contributed by atoms with Crippen LogP contribution in [0.4, 0.5) is 0 Å². The Hall–Kier alpha value is -3.83. The third kappa shape index (κ3) is 7.86. The molecule has 0 radical (unpaired) electrons. The molecular formula is C29H39N5O6. The lowest BCUT2D eigenvalue weighted by Crippen LogP contribution is -2.61. The predicted octanol–water partition coefficient (Wildman–Crippen LogP) is 1.99. The Kier molecular flexibility index (Phi) is 9.99. The molecule has 3 rings (SSSR count). The van der Waals surface area contributed by atoms with Gasteiger partial charge in [0.25, 0.3) is 5.91 Å². The molecular weight excluding hydrogens is 514 g/mol. The van der Waals surface area contributed by atoms with E-state index in [0.717, 1.165) is 10.9 Å². The smallest absolute Gasteiger partial charge is 0.312 e. The number of carbonyl (C=O) groups excluding carboxylic acids is 3. The lowest BCUT2D eigenvalue weighted by Gasteiger charge is -2.34. The summed E-state index contributed by atoms with van der Waals surface area (Å²) in [5, 5.41) is 26.9. The summed E-state index contributed by atoms with van der Waals surface area (Å²) in [5.41, 5.74) is 4.14. The van der Waals surface area contributed by atoms with Crippen LogP contribution in [-0.4, -0.2) is 68.6 Å². The molecule has 3 amide bonds. The van der Waals surface area contributed by atoms with Gasteiger partial charge in [0.05, 0.1) is 23.2 Å². The number of hydrogen-bond acceptors (Lipinski definition) is 7. The third-order valence-corrected chi connectivity index (χ3v) is 6.86. The Labute approximate surface area is 234 Å². The maximum absolute atomic E-state index is 12.9. The minimum atomic E-state index is -1.21. The van der Waals surface area contributed by atoms with Crippen molar-refractivity contribution in [3.63, 3.8) is 0 Å². The molecule has 216 valence electrons. The number of hydrazine groups is 1. The van der Waals surface area contributed by atoms with E-state index in [2.05, 4.69) is 21.0 Å². The van der Waals surface area contributed by atoms with Crippen LogP contribution in [0.1, 0.15) is 58.7 Å². The van der Waals surface area contributed by atoms with Crippen LogP contribution in [0, 0.1) is 11.3 Å². The van der Waals surface area contributed by atoms with Crippen molar-refractivity contribution in [1.82, 2.24) is 26.1 Å². The quantitative estimate of drug-likeness (QED) is 0.299. The first kappa shape index (κ1) is 30.7. The second-order valence-corrected chi connectivity index (χ2v) is 11.1. The van der Waals surface area contributed by atoms with Crippen molar-refractivity contribution in [2.24, 2.45) is 11.3 Å². The Morgan fingerprint density at radius 3 is 2.55 bits per heavy atom. The van der Waals surface area contributed by atoms with Gasteiger partial charge in [-0.25, -0.2) is 5.43 Å². The molecule has 40 heavy (non-hydrogen) atoms. The van der Waals surface area contributed by atoms with Crippen LogP contribution in [0.25, 0.3) is 17.0 Å². The van der Waals surface area contributed by atoms with E-state index >= 15 is 0 Å². The molecule has 0 spiro atoms. The molecule has 1 fully saturated rings. The number of pyridine rings is 1. The Bertz CT molecular complexity index is 1290. The van der Waals surface area contributed by atoms with Gasteiger partial charge >= 0.3 is 5.97 Å². The average molecular weight is 554 g/mol. The van der Waals surface area contributed by atoms with E-state index in [1.54, 1.807) is 39.8 Å². The lowest BCUT2D eigenvalue weighted by molar-refractivity contribution is -0.145. The predicted molar refractivity (Wildman–Crippen MR) is 150 cm³/mol. The minimum absolute atomic E-state index is 0.187. The zero-order valence-electron chi connectivity index (χ0n) is 23.6. The number of fused-ring (bicyclic) bond motifs is 1. The summed E-state index contributed by atoms with van der Waals surface area (Å²) in [4.78, 5) is 53.9. The molecule has 1 aromatic carbocycles. The van der Waals surface area contributed by atoms with Crippen molar-refractivity contribution in [3.8, 4) is 0 Å². The molecule has 0 aliphatic carbocycles. The summed E-state index contributed by atoms with van der Waals surface area (Å²) in [6.07, 6.45) is 3.32. The molecule has 1 aliphatic heterocycles. The average Bonchev–Trinajstić information content (AvgIpc) is 2.93. The van der Waals surface area contributed by atoms with Crippen molar-refractivity contribution in [1.29, 1.82) is 0 Å². The highest BCUT2D eigenvalue weighted by Crippen LogP contribution is 2.21. The highest BCUT2D eigenvalue weighted by Gasteiger charge is 2.31. The van der Waals surface area contributed by atoms with Gasteiger partial charge in [-0.3, -0.25) is 29.2 Å². The van der Waals surface area contributed by atoms with Gasteiger partial charge in [-0.2, -0.15) is 0 Å². The first-order valence-electron chi connectivity index (χ1n) is 13.4. The van der Waals surface area contributed by atoms with Crippen LogP contribution in [-0.2, 0) is 25.7 Å². The van der Waals surface area contributed by atoms with E-state index in [1.165, 1.54) is 11.9 Å². The normalized spacial score (nSPS) is 17.6. The number of hydrogen-bond donors (Lipinski definition) is 5. The van der Waals surface area contributed by atoms with Gasteiger partial charge in [-0.05, 0) is 57.2 Å². The molecule has 5 N–H and O–H groups in total. The number of aromatic nitrogens is 1. The van der Waals surface area contributed by atoms with Crippen molar-refractivity contribution < 1.29 is 29.4 Å². The Morgan fingerprint density at radius 1 is 1.18 bits per heavy atom. The van der Waals surface area contributed by atoms with E-state index in [-0.39, 0.29) is 18.4 Å². The molecule has 2 aromatic rings. The molecule has 1 aliphatic rings. The number of carboxylic acids is 1. The first-order chi connectivity index (χ1) is 18.8. The zero-order chi connectivity index (χ0) is 29.6. The standard InChI is InChI=1S/C29H39N5O6/c1-17(2)24(35)26(37)31-18(3)27(38)34-14-6-7-22(33-34)25(36)30-16-21-11-10-20-9-8-19(15-23(20)32-21)12-13-29(4,5)28(39)40/h8-13,15,17-18,22,24,33,35H,6-7,14,16H2,1-5H3,(H,30,36)(H,31,37)(H,39,40). The number of carbonyl (C=O) groups is 4. The van der Waals surface area contributed by atoms with Crippen molar-refractivity contribution in [2.45, 2.75) is 72.2 Å². The number of rotatable bonds is 10. The maximum Gasteiger partial charge on any atom is 0.312 e. The van der Waals surface area contributed by atoms with Crippen molar-refractivity contribution in [3.05, 3.63) is 47.7 Å². The Balaban J connectivity index is 1.59. The summed E-state index contributed by atoms with van der Waals surface area (Å²) in [7, 11) is 0. The van der Waals surface area contributed by atoms with Gasteiger partial charge in [-0.15, -0.1) is 0 Å². The fourth-order valence-electron chi connectivity index (χ4n) is 4.09. The molecule has 11 heteroatoms. The number of amides is 3. The summed E-state index contributed by atoms with van der Waals surface area (Å²) < 4.78 is 0. The molecule has 1 aromatic heterocycles. The second kappa shape index (κ2) is 13.0. The van der Waals surface area contributed by atoms with Crippen LogP contribution in [0.5, 0.6) is 0 Å². The Morgan fingerprint density at radius 2 is 1.88 bits per heavy atom. The van der Waals surface area contributed by atoms with Gasteiger partial charge < -0.3 is 20.8 Å². The third-order valence-electron chi connectivity index (χ3n) is 6.86. The number of aliphatic carboxylic acids is 1. The molecule has 3 atom stereocenters. The van der Waals surface area contributed by atoms with Crippen LogP contribution < -0.4 is 16.1 Å². The summed E-state index contributed by atoms with van der Waals surface area (Å²) >= 11 is 0. The number of carboxylic acid groups (broad SMARTS) is 1. The fourth-order valence-corrected chi connectivity index (χ4v) is 4.09. The molecule has 0 bridgehead atoms. The first-order valence-corrected chi connectivity index (χ1v) is 13.4. The van der Waals surface area contributed by atoms with E-state index in [0.29, 0.717) is 30.6 Å². The summed E-state index contributed by atoms with van der Waals surface area (Å²) in [6, 6.07) is 7.89. The van der Waals surface area contributed by atoms with Crippen molar-refractivity contribution in [2.75, 3.05) is 6.54 Å². The van der Waals surface area contributed by atoms with Crippen LogP contribution in [0.15, 0.2) is 36.4 Å². The lowest BCUT2D eigenvalue weighted by atomic mass is 9.92. The van der Waals surface area contributed by atoms with Gasteiger partial charge in [0.2, 0.25) is 11.8 Å². The highest BCUT2D eigenvalue weighted by molar-refractivity contribution is 5.89. The van der Waals surface area contributed by atoms with Gasteiger partial charge in [0.15, 0.2) is 0 Å². The van der Waals surface area contributed by atoms with E-state index < -0.39 is 41.4 Å². The van der Waals surface area contributed by atoms with Gasteiger partial charge in [0, 0.05) is 11.9 Å². The van der Waals surface area contributed by atoms with Gasteiger partial charge in [-0.1, -0.05) is 44.2 Å². The second-order valence-electron chi connectivity index (χ2n) is 11.1. The summed E-state index contributed by atoms with van der Waals surface area (Å²) in [5.74, 6) is -2.48. The maximum atomic E-state index is 12.9. The number of benzene rings is 1. The fraction of sp³-hybridized carbons (Fsp3) is 0.483. The summed E-state index contributed by atoms with van der Waals surface area (Å²) in [6.45, 7) is 8.78. The highest BCUT2D eigenvalue weighted by atomic mass is 16.4. The van der Waals surface area contributed by atoms with E-state index in [1.807, 2.05) is 30.3 Å². The number of aliphatic hydroxyl groups excluding tert-OH is 1. The number of aliphatic hydroxyl groups is 1. The van der Waals surface area contributed by atoms with Crippen molar-refractivity contribution >= 4 is 40.7 Å². The monoisotopic (exact) mass is 553 g/mol. The van der Waals surface area contributed by atoms with E-state index in [9.17, 15) is 29.4 Å². The van der Waals surface area contributed by atoms with Gasteiger partial charge in [0.1, 0.15) is 18.2 Å². The van der Waals surface area contributed by atoms with E-state index in [4.69, 9.17) is 0 Å². The number of nitrogens with zero attached hydrogens (tertiary/aromatic N) is 2. The molecule has 3 unspecified atom stereocenters. The molecule has 11 nitrogen and oxygen atoms in total. The molecule has 1 saturated heterocycles. The minimum Gasteiger partial charge on any atom is -0.481 e. The van der Waals surface area contributed by atoms with Crippen LogP contribution in [0.3, 0.4) is 0 Å². The molecule has 0 saturated carbocycles. The topological polar surface area (TPSA) is 161 Å².